The average Bonchev–Trinajstić information content (AvgIpc) is 3.38. The summed E-state index contributed by atoms with van der Waals surface area (Å²) in [5.41, 5.74) is 1.39. The Labute approximate surface area is 213 Å². The van der Waals surface area contributed by atoms with Crippen molar-refractivity contribution in [3.63, 3.8) is 0 Å². The number of alkyl halides is 3. The maximum atomic E-state index is 13.5. The van der Waals surface area contributed by atoms with Crippen LogP contribution in [0.15, 0.2) is 65.0 Å². The highest BCUT2D eigenvalue weighted by Crippen LogP contribution is 2.43. The van der Waals surface area contributed by atoms with E-state index in [0.29, 0.717) is 24.6 Å². The fourth-order valence-corrected chi connectivity index (χ4v) is 4.83. The van der Waals surface area contributed by atoms with E-state index in [1.165, 1.54) is 25.3 Å². The summed E-state index contributed by atoms with van der Waals surface area (Å²) in [6.45, 7) is 0.996. The number of hydrogen-bond donors (Lipinski definition) is 1. The number of aliphatic imine (C=N–C) groups is 1. The Kier molecular flexibility index (Phi) is 7.94. The number of benzene rings is 2. The molecule has 1 saturated heterocycles. The molecule has 2 atom stereocenters. The number of likely N-dealkylation sites (tertiary alicyclic amines) is 1. The minimum absolute atomic E-state index is 0.0114. The number of methoxy groups -OCH3 is 2. The van der Waals surface area contributed by atoms with E-state index in [4.69, 9.17) is 9.47 Å². The molecule has 0 aliphatic carbocycles. The molecule has 2 aliphatic rings. The smallest absolute Gasteiger partial charge is 0.389 e. The van der Waals surface area contributed by atoms with Gasteiger partial charge >= 0.3 is 6.18 Å². The van der Waals surface area contributed by atoms with E-state index in [2.05, 4.69) is 4.99 Å². The molecule has 0 spiro atoms. The Bertz CT molecular complexity index is 1140. The van der Waals surface area contributed by atoms with Gasteiger partial charge in [0.15, 0.2) is 0 Å². The molecule has 0 bridgehead atoms. The highest BCUT2D eigenvalue weighted by atomic mass is 19.4. The third kappa shape index (κ3) is 5.84. The second-order valence-electron chi connectivity index (χ2n) is 9.03. The third-order valence-corrected chi connectivity index (χ3v) is 6.68. The molecule has 2 aromatic rings. The zero-order valence-electron chi connectivity index (χ0n) is 20.7. The van der Waals surface area contributed by atoms with Gasteiger partial charge in [0.25, 0.3) is 5.91 Å². The number of nitrogens with zero attached hydrogens (tertiary/aromatic N) is 3. The minimum atomic E-state index is -4.31. The molecule has 1 amide bonds. The molecule has 10 heteroatoms. The van der Waals surface area contributed by atoms with Gasteiger partial charge in [0, 0.05) is 31.6 Å². The highest BCUT2D eigenvalue weighted by molar-refractivity contribution is 6.13. The van der Waals surface area contributed by atoms with Gasteiger partial charge in [-0.3, -0.25) is 14.7 Å². The predicted octanol–water partition coefficient (Wildman–Crippen LogP) is 5.44. The lowest BCUT2D eigenvalue weighted by Gasteiger charge is -2.35. The zero-order chi connectivity index (χ0) is 26.6. The average molecular weight is 518 g/mol. The van der Waals surface area contributed by atoms with Gasteiger partial charge in [-0.25, -0.2) is 0 Å². The lowest BCUT2D eigenvalue weighted by atomic mass is 9.99. The summed E-state index contributed by atoms with van der Waals surface area (Å²) >= 11 is 0. The van der Waals surface area contributed by atoms with E-state index in [-0.39, 0.29) is 30.0 Å². The summed E-state index contributed by atoms with van der Waals surface area (Å²) in [7, 11) is 2.87. The predicted molar refractivity (Wildman–Crippen MR) is 134 cm³/mol. The van der Waals surface area contributed by atoms with Crippen LogP contribution in [0.4, 0.5) is 18.9 Å². The SMILES string of the molecule is COc1cccc(OC)c1N1C(O)=C(C(=O)N2CCC(c3ccccc3)C2)C=N[C@H]1CCCC(F)(F)F. The van der Waals surface area contributed by atoms with Gasteiger partial charge in [-0.1, -0.05) is 36.4 Å². The molecule has 2 aromatic carbocycles. The van der Waals surface area contributed by atoms with Crippen LogP contribution in [-0.2, 0) is 4.79 Å². The lowest BCUT2D eigenvalue weighted by molar-refractivity contribution is -0.135. The Morgan fingerprint density at radius 2 is 1.76 bits per heavy atom. The standard InChI is InChI=1S/C27H30F3N3O4/c1-36-21-10-6-11-22(37-2)24(21)33-23(12-7-14-27(28,29)30)31-16-20(26(33)35)25(34)32-15-13-19(17-32)18-8-4-3-5-9-18/h3-6,8-11,16,19,23,35H,7,12-15,17H2,1-2H3/t19?,23-/m1/s1. The van der Waals surface area contributed by atoms with Crippen molar-refractivity contribution in [1.82, 2.24) is 4.90 Å². The summed E-state index contributed by atoms with van der Waals surface area (Å²) in [4.78, 5) is 20.9. The minimum Gasteiger partial charge on any atom is -0.494 e. The maximum Gasteiger partial charge on any atom is 0.389 e. The molecule has 1 N–H and O–H groups in total. The molecule has 2 heterocycles. The van der Waals surface area contributed by atoms with Gasteiger partial charge in [0.05, 0.1) is 14.2 Å². The fourth-order valence-electron chi connectivity index (χ4n) is 4.83. The number of halogens is 3. The molecule has 37 heavy (non-hydrogen) atoms. The van der Waals surface area contributed by atoms with Gasteiger partial charge in [-0.2, -0.15) is 13.2 Å². The topological polar surface area (TPSA) is 74.6 Å². The summed E-state index contributed by atoms with van der Waals surface area (Å²) in [6.07, 6.45) is -4.35. The van der Waals surface area contributed by atoms with Crippen LogP contribution in [0.5, 0.6) is 11.5 Å². The maximum absolute atomic E-state index is 13.5. The molecule has 1 unspecified atom stereocenters. The first-order valence-corrected chi connectivity index (χ1v) is 12.1. The number of hydrogen-bond acceptors (Lipinski definition) is 6. The number of aliphatic hydroxyl groups excluding tert-OH is 1. The Balaban J connectivity index is 1.65. The van der Waals surface area contributed by atoms with Gasteiger partial charge in [0.1, 0.15) is 28.9 Å². The molecule has 7 nitrogen and oxygen atoms in total. The molecule has 0 radical (unpaired) electrons. The monoisotopic (exact) mass is 517 g/mol. The van der Waals surface area contributed by atoms with Crippen molar-refractivity contribution in [2.45, 2.75) is 43.9 Å². The number of amides is 1. The molecule has 4 rings (SSSR count). The van der Waals surface area contributed by atoms with Crippen molar-refractivity contribution in [3.05, 3.63) is 65.6 Å². The van der Waals surface area contributed by atoms with Gasteiger partial charge in [-0.05, 0) is 37.0 Å². The summed E-state index contributed by atoms with van der Waals surface area (Å²) < 4.78 is 49.5. The second kappa shape index (κ2) is 11.1. The number of ether oxygens (including phenoxy) is 2. The van der Waals surface area contributed by atoms with Gasteiger partial charge < -0.3 is 19.5 Å². The number of aliphatic hydroxyl groups is 1. The highest BCUT2D eigenvalue weighted by Gasteiger charge is 2.37. The number of rotatable bonds is 8. The molecule has 0 aromatic heterocycles. The molecule has 0 saturated carbocycles. The molecular formula is C27H30F3N3O4. The normalized spacial score (nSPS) is 19.9. The van der Waals surface area contributed by atoms with E-state index in [1.54, 1.807) is 23.1 Å². The summed E-state index contributed by atoms with van der Waals surface area (Å²) in [6, 6.07) is 14.9. The van der Waals surface area contributed by atoms with Crippen molar-refractivity contribution >= 4 is 17.8 Å². The molecule has 1 fully saturated rings. The fraction of sp³-hybridized carbons (Fsp3) is 0.407. The first-order valence-electron chi connectivity index (χ1n) is 12.1. The second-order valence-corrected chi connectivity index (χ2v) is 9.03. The van der Waals surface area contributed by atoms with Crippen LogP contribution in [0.25, 0.3) is 0 Å². The first-order chi connectivity index (χ1) is 17.7. The van der Waals surface area contributed by atoms with Crippen LogP contribution in [0.2, 0.25) is 0 Å². The van der Waals surface area contributed by atoms with Crippen LogP contribution in [0, 0.1) is 0 Å². The molecule has 198 valence electrons. The number of anilines is 1. The van der Waals surface area contributed by atoms with E-state index >= 15 is 0 Å². The largest absolute Gasteiger partial charge is 0.494 e. The van der Waals surface area contributed by atoms with Crippen LogP contribution >= 0.6 is 0 Å². The Morgan fingerprint density at radius 3 is 2.38 bits per heavy atom. The van der Waals surface area contributed by atoms with E-state index in [0.717, 1.165) is 12.0 Å². The van der Waals surface area contributed by atoms with Gasteiger partial charge in [0.2, 0.25) is 5.88 Å². The van der Waals surface area contributed by atoms with Crippen LogP contribution in [0.1, 0.15) is 37.2 Å². The molecular weight excluding hydrogens is 487 g/mol. The van der Waals surface area contributed by atoms with Crippen molar-refractivity contribution in [3.8, 4) is 11.5 Å². The molecule has 2 aliphatic heterocycles. The Morgan fingerprint density at radius 1 is 1.08 bits per heavy atom. The van der Waals surface area contributed by atoms with Crippen LogP contribution < -0.4 is 14.4 Å². The van der Waals surface area contributed by atoms with E-state index < -0.39 is 30.6 Å². The number of carbonyl (C=O) groups is 1. The number of para-hydroxylation sites is 1. The first kappa shape index (κ1) is 26.4. The van der Waals surface area contributed by atoms with E-state index in [9.17, 15) is 23.1 Å². The summed E-state index contributed by atoms with van der Waals surface area (Å²) in [5.74, 6) is 0.0195. The van der Waals surface area contributed by atoms with Crippen LogP contribution in [0.3, 0.4) is 0 Å². The summed E-state index contributed by atoms with van der Waals surface area (Å²) in [5, 5.41) is 11.4. The third-order valence-electron chi connectivity index (χ3n) is 6.68. The quantitative estimate of drug-likeness (QED) is 0.505. The number of carbonyl (C=O) groups excluding carboxylic acids is 1. The van der Waals surface area contributed by atoms with Crippen molar-refractivity contribution < 1.29 is 32.5 Å². The van der Waals surface area contributed by atoms with Crippen molar-refractivity contribution in [2.24, 2.45) is 4.99 Å². The van der Waals surface area contributed by atoms with Crippen molar-refractivity contribution in [1.29, 1.82) is 0 Å². The zero-order valence-corrected chi connectivity index (χ0v) is 20.7. The van der Waals surface area contributed by atoms with E-state index in [1.807, 2.05) is 30.3 Å². The van der Waals surface area contributed by atoms with Gasteiger partial charge in [-0.15, -0.1) is 0 Å². The van der Waals surface area contributed by atoms with Crippen LogP contribution in [-0.4, -0.2) is 61.8 Å². The Hall–Kier alpha value is -3.69. The van der Waals surface area contributed by atoms with Crippen molar-refractivity contribution in [2.75, 3.05) is 32.2 Å². The lowest BCUT2D eigenvalue weighted by Crippen LogP contribution is -2.41.